The van der Waals surface area contributed by atoms with Crippen LogP contribution < -0.4 is 10.1 Å². The number of hydrogen-bond donors (Lipinski definition) is 1. The zero-order valence-corrected chi connectivity index (χ0v) is 15.7. The van der Waals surface area contributed by atoms with E-state index in [0.717, 1.165) is 22.8 Å². The number of benzene rings is 3. The Kier molecular flexibility index (Phi) is 5.16. The third-order valence-corrected chi connectivity index (χ3v) is 5.20. The van der Waals surface area contributed by atoms with Crippen molar-refractivity contribution in [3.63, 3.8) is 0 Å². The van der Waals surface area contributed by atoms with Gasteiger partial charge in [-0.3, -0.25) is 9.59 Å². The standard InChI is InChI=1S/C23H20FNO4/c24-18-9-6-16(7-10-18)14-28-21-19-5-2-1-4-17(19)8-11-20(21)22(27)25-23(29-15-26)12-3-13-23/h1-2,4-11,15H,3,12-14H2,(H,25,27). The van der Waals surface area contributed by atoms with Crippen LogP contribution in [0.5, 0.6) is 5.75 Å². The van der Waals surface area contributed by atoms with Crippen molar-refractivity contribution in [3.8, 4) is 5.75 Å². The highest BCUT2D eigenvalue weighted by molar-refractivity contribution is 6.04. The fourth-order valence-electron chi connectivity index (χ4n) is 3.45. The lowest BCUT2D eigenvalue weighted by atomic mass is 9.87. The van der Waals surface area contributed by atoms with Gasteiger partial charge >= 0.3 is 0 Å². The van der Waals surface area contributed by atoms with Crippen molar-refractivity contribution in [2.45, 2.75) is 31.6 Å². The summed E-state index contributed by atoms with van der Waals surface area (Å²) in [5.74, 6) is -0.253. The van der Waals surface area contributed by atoms with Gasteiger partial charge in [-0.25, -0.2) is 4.39 Å². The van der Waals surface area contributed by atoms with E-state index in [4.69, 9.17) is 9.47 Å². The number of nitrogens with one attached hydrogen (secondary N) is 1. The van der Waals surface area contributed by atoms with E-state index in [1.165, 1.54) is 12.1 Å². The summed E-state index contributed by atoms with van der Waals surface area (Å²) in [5.41, 5.74) is 0.190. The Morgan fingerprint density at radius 3 is 2.52 bits per heavy atom. The summed E-state index contributed by atoms with van der Waals surface area (Å²) in [7, 11) is 0. The van der Waals surface area contributed by atoms with Crippen LogP contribution in [-0.4, -0.2) is 18.1 Å². The molecule has 1 fully saturated rings. The molecule has 148 valence electrons. The fraction of sp³-hybridized carbons (Fsp3) is 0.217. The van der Waals surface area contributed by atoms with Gasteiger partial charge in [-0.1, -0.05) is 42.5 Å². The predicted molar refractivity (Wildman–Crippen MR) is 106 cm³/mol. The van der Waals surface area contributed by atoms with Gasteiger partial charge in [-0.15, -0.1) is 0 Å². The largest absolute Gasteiger partial charge is 0.487 e. The quantitative estimate of drug-likeness (QED) is 0.479. The molecule has 3 aromatic carbocycles. The second-order valence-electron chi connectivity index (χ2n) is 7.09. The van der Waals surface area contributed by atoms with E-state index in [1.807, 2.05) is 30.3 Å². The third kappa shape index (κ3) is 3.92. The Balaban J connectivity index is 1.65. The predicted octanol–water partition coefficient (Wildman–Crippen LogP) is 4.34. The number of carbonyl (C=O) groups is 2. The van der Waals surface area contributed by atoms with Crippen LogP contribution in [0, 0.1) is 5.82 Å². The highest BCUT2D eigenvalue weighted by atomic mass is 19.1. The van der Waals surface area contributed by atoms with Gasteiger partial charge in [0.15, 0.2) is 5.72 Å². The van der Waals surface area contributed by atoms with Gasteiger partial charge in [0.2, 0.25) is 0 Å². The molecular formula is C23H20FNO4. The first-order valence-corrected chi connectivity index (χ1v) is 9.43. The minimum absolute atomic E-state index is 0.185. The Labute approximate surface area is 167 Å². The van der Waals surface area contributed by atoms with E-state index in [1.54, 1.807) is 18.2 Å². The minimum atomic E-state index is -0.946. The molecule has 0 aromatic heterocycles. The molecule has 29 heavy (non-hydrogen) atoms. The number of halogens is 1. The summed E-state index contributed by atoms with van der Waals surface area (Å²) in [6, 6.07) is 17.2. The van der Waals surface area contributed by atoms with Crippen LogP contribution in [0.3, 0.4) is 0 Å². The molecule has 0 atom stereocenters. The maximum absolute atomic E-state index is 13.2. The maximum atomic E-state index is 13.2. The van der Waals surface area contributed by atoms with Gasteiger partial charge in [0.05, 0.1) is 5.56 Å². The van der Waals surface area contributed by atoms with Gasteiger partial charge in [0.1, 0.15) is 18.2 Å². The van der Waals surface area contributed by atoms with E-state index in [0.29, 0.717) is 30.6 Å². The van der Waals surface area contributed by atoms with Gasteiger partial charge in [-0.05, 0) is 35.6 Å². The molecule has 1 saturated carbocycles. The lowest BCUT2D eigenvalue weighted by molar-refractivity contribution is -0.156. The van der Waals surface area contributed by atoms with Crippen molar-refractivity contribution < 1.29 is 23.5 Å². The molecule has 0 radical (unpaired) electrons. The Morgan fingerprint density at radius 1 is 1.07 bits per heavy atom. The van der Waals surface area contributed by atoms with E-state index in [-0.39, 0.29) is 18.3 Å². The highest BCUT2D eigenvalue weighted by Crippen LogP contribution is 2.35. The molecule has 0 spiro atoms. The number of hydrogen-bond acceptors (Lipinski definition) is 4. The minimum Gasteiger partial charge on any atom is -0.487 e. The smallest absolute Gasteiger partial charge is 0.295 e. The number of rotatable bonds is 7. The van der Waals surface area contributed by atoms with Crippen LogP contribution in [0.25, 0.3) is 10.8 Å². The maximum Gasteiger partial charge on any atom is 0.295 e. The van der Waals surface area contributed by atoms with E-state index >= 15 is 0 Å². The number of fused-ring (bicyclic) bond motifs is 1. The third-order valence-electron chi connectivity index (χ3n) is 5.20. The Bertz CT molecular complexity index is 1040. The highest BCUT2D eigenvalue weighted by Gasteiger charge is 2.41. The molecule has 0 saturated heterocycles. The zero-order valence-electron chi connectivity index (χ0n) is 15.7. The summed E-state index contributed by atoms with van der Waals surface area (Å²) < 4.78 is 24.3. The summed E-state index contributed by atoms with van der Waals surface area (Å²) in [6.07, 6.45) is 2.04. The van der Waals surface area contributed by atoms with Crippen LogP contribution >= 0.6 is 0 Å². The molecule has 0 aliphatic heterocycles. The first kappa shape index (κ1) is 18.9. The van der Waals surface area contributed by atoms with Crippen LogP contribution in [0.1, 0.15) is 35.2 Å². The second-order valence-corrected chi connectivity index (χ2v) is 7.09. The Morgan fingerprint density at radius 2 is 1.83 bits per heavy atom. The summed E-state index contributed by atoms with van der Waals surface area (Å²) >= 11 is 0. The normalized spacial score (nSPS) is 14.7. The Hall–Kier alpha value is -3.41. The van der Waals surface area contributed by atoms with E-state index in [2.05, 4.69) is 5.32 Å². The number of carbonyl (C=O) groups excluding carboxylic acids is 2. The SMILES string of the molecule is O=COC1(NC(=O)c2ccc3ccccc3c2OCc2ccc(F)cc2)CCC1. The molecule has 0 heterocycles. The molecule has 1 aliphatic carbocycles. The molecule has 0 bridgehead atoms. The van der Waals surface area contributed by atoms with Gasteiger partial charge in [0.25, 0.3) is 12.4 Å². The van der Waals surface area contributed by atoms with Crippen molar-refractivity contribution in [1.82, 2.24) is 5.32 Å². The average Bonchev–Trinajstić information content (AvgIpc) is 2.71. The number of amides is 1. The van der Waals surface area contributed by atoms with Crippen LogP contribution in [-0.2, 0) is 16.1 Å². The van der Waals surface area contributed by atoms with Crippen LogP contribution in [0.4, 0.5) is 4.39 Å². The monoisotopic (exact) mass is 393 g/mol. The molecular weight excluding hydrogens is 373 g/mol. The van der Waals surface area contributed by atoms with Crippen molar-refractivity contribution in [3.05, 3.63) is 77.6 Å². The van der Waals surface area contributed by atoms with E-state index in [9.17, 15) is 14.0 Å². The van der Waals surface area contributed by atoms with Crippen molar-refractivity contribution in [2.24, 2.45) is 0 Å². The molecule has 5 nitrogen and oxygen atoms in total. The van der Waals surface area contributed by atoms with Crippen LogP contribution in [0.2, 0.25) is 0 Å². The summed E-state index contributed by atoms with van der Waals surface area (Å²) in [4.78, 5) is 23.8. The lowest BCUT2D eigenvalue weighted by Gasteiger charge is -2.40. The first-order valence-electron chi connectivity index (χ1n) is 9.43. The summed E-state index contributed by atoms with van der Waals surface area (Å²) in [6.45, 7) is 0.552. The zero-order chi connectivity index (χ0) is 20.3. The second kappa shape index (κ2) is 7.91. The number of ether oxygens (including phenoxy) is 2. The molecule has 1 N–H and O–H groups in total. The van der Waals surface area contributed by atoms with Crippen molar-refractivity contribution >= 4 is 23.2 Å². The molecule has 6 heteroatoms. The van der Waals surface area contributed by atoms with Gasteiger partial charge in [-0.2, -0.15) is 0 Å². The van der Waals surface area contributed by atoms with Crippen LogP contribution in [0.15, 0.2) is 60.7 Å². The molecule has 0 unspecified atom stereocenters. The fourth-order valence-corrected chi connectivity index (χ4v) is 3.45. The van der Waals surface area contributed by atoms with Crippen molar-refractivity contribution in [1.29, 1.82) is 0 Å². The first-order chi connectivity index (χ1) is 14.1. The average molecular weight is 393 g/mol. The lowest BCUT2D eigenvalue weighted by Crippen LogP contribution is -2.55. The van der Waals surface area contributed by atoms with Gasteiger partial charge < -0.3 is 14.8 Å². The summed E-state index contributed by atoms with van der Waals surface area (Å²) in [5, 5.41) is 4.56. The van der Waals surface area contributed by atoms with Crippen molar-refractivity contribution in [2.75, 3.05) is 0 Å². The molecule has 1 amide bonds. The molecule has 1 aliphatic rings. The molecule has 3 aromatic rings. The van der Waals surface area contributed by atoms with E-state index < -0.39 is 5.72 Å². The molecule has 4 rings (SSSR count). The van der Waals surface area contributed by atoms with Gasteiger partial charge in [0, 0.05) is 18.2 Å². The topological polar surface area (TPSA) is 64.6 Å².